The Labute approximate surface area is 141 Å². The minimum absolute atomic E-state index is 0.0516. The maximum atomic E-state index is 13.7. The largest absolute Gasteiger partial charge is 0.493 e. The Morgan fingerprint density at radius 1 is 1.35 bits per heavy atom. The summed E-state index contributed by atoms with van der Waals surface area (Å²) in [6.45, 7) is 0.308. The molecule has 0 bridgehead atoms. The van der Waals surface area contributed by atoms with Crippen LogP contribution in [-0.4, -0.2) is 19.1 Å². The van der Waals surface area contributed by atoms with Crippen LogP contribution in [0.5, 0.6) is 11.5 Å². The highest BCUT2D eigenvalue weighted by Gasteiger charge is 2.22. The van der Waals surface area contributed by atoms with Crippen LogP contribution in [0.4, 0.5) is 4.39 Å². The highest BCUT2D eigenvalue weighted by atomic mass is 79.9. The second-order valence-corrected chi connectivity index (χ2v) is 6.07. The van der Waals surface area contributed by atoms with Gasteiger partial charge in [-0.1, -0.05) is 34.1 Å². The first-order valence-corrected chi connectivity index (χ1v) is 8.02. The Bertz CT molecular complexity index is 723. The molecule has 0 fully saturated rings. The predicted octanol–water partition coefficient (Wildman–Crippen LogP) is 3.61. The number of ether oxygens (including phenoxy) is 2. The Morgan fingerprint density at radius 3 is 3.00 bits per heavy atom. The van der Waals surface area contributed by atoms with Gasteiger partial charge in [-0.2, -0.15) is 0 Å². The van der Waals surface area contributed by atoms with E-state index in [-0.39, 0.29) is 24.3 Å². The number of carbonyl (C=O) groups excluding carboxylic acids is 1. The standard InChI is InChI=1S/C17H15BrFNO3/c18-11-5-6-16(13(19)9-11)23-10-17(21)20-14-7-8-22-15-4-2-1-3-12(14)15/h1-6,9,14H,7-8,10H2,(H,20,21). The molecule has 0 saturated carbocycles. The summed E-state index contributed by atoms with van der Waals surface area (Å²) in [5.41, 5.74) is 0.946. The fourth-order valence-electron chi connectivity index (χ4n) is 2.46. The molecule has 1 atom stereocenters. The fourth-order valence-corrected chi connectivity index (χ4v) is 2.80. The first kappa shape index (κ1) is 15.8. The van der Waals surface area contributed by atoms with Crippen molar-refractivity contribution in [3.8, 4) is 11.5 Å². The van der Waals surface area contributed by atoms with Gasteiger partial charge in [-0.3, -0.25) is 4.79 Å². The predicted molar refractivity (Wildman–Crippen MR) is 87.0 cm³/mol. The molecule has 0 aliphatic carbocycles. The van der Waals surface area contributed by atoms with Crippen molar-refractivity contribution in [2.75, 3.05) is 13.2 Å². The first-order valence-electron chi connectivity index (χ1n) is 7.22. The summed E-state index contributed by atoms with van der Waals surface area (Å²) in [5.74, 6) is 0.0252. The lowest BCUT2D eigenvalue weighted by Gasteiger charge is -2.26. The highest BCUT2D eigenvalue weighted by molar-refractivity contribution is 9.10. The van der Waals surface area contributed by atoms with Gasteiger partial charge in [-0.25, -0.2) is 4.39 Å². The summed E-state index contributed by atoms with van der Waals surface area (Å²) in [7, 11) is 0. The van der Waals surface area contributed by atoms with E-state index >= 15 is 0 Å². The average Bonchev–Trinajstić information content (AvgIpc) is 2.54. The quantitative estimate of drug-likeness (QED) is 0.882. The molecule has 0 aromatic heterocycles. The van der Waals surface area contributed by atoms with Crippen LogP contribution < -0.4 is 14.8 Å². The number of rotatable bonds is 4. The molecule has 0 radical (unpaired) electrons. The van der Waals surface area contributed by atoms with E-state index in [9.17, 15) is 9.18 Å². The van der Waals surface area contributed by atoms with Crippen molar-refractivity contribution in [3.63, 3.8) is 0 Å². The Kier molecular flexibility index (Phi) is 4.81. The van der Waals surface area contributed by atoms with Crippen LogP contribution in [0.1, 0.15) is 18.0 Å². The van der Waals surface area contributed by atoms with E-state index in [4.69, 9.17) is 9.47 Å². The van der Waals surface area contributed by atoms with Gasteiger partial charge in [0.2, 0.25) is 0 Å². The number of nitrogens with one attached hydrogen (secondary N) is 1. The van der Waals surface area contributed by atoms with E-state index in [0.717, 1.165) is 11.3 Å². The summed E-state index contributed by atoms with van der Waals surface area (Å²) in [5, 5.41) is 2.90. The van der Waals surface area contributed by atoms with Crippen molar-refractivity contribution in [1.29, 1.82) is 0 Å². The zero-order valence-corrected chi connectivity index (χ0v) is 13.8. The highest BCUT2D eigenvalue weighted by Crippen LogP contribution is 2.31. The van der Waals surface area contributed by atoms with Crippen molar-refractivity contribution in [3.05, 3.63) is 58.3 Å². The molecular weight excluding hydrogens is 365 g/mol. The lowest BCUT2D eigenvalue weighted by Crippen LogP contribution is -2.35. The number of fused-ring (bicyclic) bond motifs is 1. The molecule has 6 heteroatoms. The molecule has 0 spiro atoms. The molecule has 1 aliphatic rings. The molecule has 4 nitrogen and oxygen atoms in total. The number of para-hydroxylation sites is 1. The Hall–Kier alpha value is -2.08. The van der Waals surface area contributed by atoms with Gasteiger partial charge in [0.05, 0.1) is 12.6 Å². The van der Waals surface area contributed by atoms with Crippen molar-refractivity contribution in [1.82, 2.24) is 5.32 Å². The van der Waals surface area contributed by atoms with E-state index < -0.39 is 5.82 Å². The average molecular weight is 380 g/mol. The molecule has 3 rings (SSSR count). The zero-order chi connectivity index (χ0) is 16.2. The number of benzene rings is 2. The van der Waals surface area contributed by atoms with Crippen molar-refractivity contribution in [2.24, 2.45) is 0 Å². The first-order chi connectivity index (χ1) is 11.1. The normalized spacial score (nSPS) is 16.2. The topological polar surface area (TPSA) is 47.6 Å². The van der Waals surface area contributed by atoms with Crippen molar-refractivity contribution >= 4 is 21.8 Å². The Balaban J connectivity index is 1.60. The van der Waals surface area contributed by atoms with Crippen LogP contribution in [0.2, 0.25) is 0 Å². The van der Waals surface area contributed by atoms with Gasteiger partial charge in [0, 0.05) is 16.5 Å². The third-order valence-electron chi connectivity index (χ3n) is 3.55. The number of hydrogen-bond donors (Lipinski definition) is 1. The summed E-state index contributed by atoms with van der Waals surface area (Å²) >= 11 is 3.17. The van der Waals surface area contributed by atoms with Crippen molar-refractivity contribution in [2.45, 2.75) is 12.5 Å². The lowest BCUT2D eigenvalue weighted by atomic mass is 10.0. The van der Waals surface area contributed by atoms with Gasteiger partial charge >= 0.3 is 0 Å². The summed E-state index contributed by atoms with van der Waals surface area (Å²) < 4.78 is 25.1. The van der Waals surface area contributed by atoms with Crippen LogP contribution >= 0.6 is 15.9 Å². The number of carbonyl (C=O) groups is 1. The fraction of sp³-hybridized carbons (Fsp3) is 0.235. The van der Waals surface area contributed by atoms with Crippen molar-refractivity contribution < 1.29 is 18.7 Å². The molecule has 2 aromatic carbocycles. The molecule has 1 N–H and O–H groups in total. The maximum absolute atomic E-state index is 13.7. The van der Waals surface area contributed by atoms with E-state index in [2.05, 4.69) is 21.2 Å². The molecular formula is C17H15BrFNO3. The van der Waals surface area contributed by atoms with Crippen LogP contribution in [-0.2, 0) is 4.79 Å². The number of hydrogen-bond acceptors (Lipinski definition) is 3. The third-order valence-corrected chi connectivity index (χ3v) is 4.04. The monoisotopic (exact) mass is 379 g/mol. The smallest absolute Gasteiger partial charge is 0.258 e. The molecule has 23 heavy (non-hydrogen) atoms. The summed E-state index contributed by atoms with van der Waals surface area (Å²) in [6, 6.07) is 11.9. The molecule has 1 unspecified atom stereocenters. The van der Waals surface area contributed by atoms with Gasteiger partial charge in [0.15, 0.2) is 18.2 Å². The van der Waals surface area contributed by atoms with E-state index in [0.29, 0.717) is 17.5 Å². The second-order valence-electron chi connectivity index (χ2n) is 5.16. The zero-order valence-electron chi connectivity index (χ0n) is 12.2. The minimum atomic E-state index is -0.511. The molecule has 2 aromatic rings. The SMILES string of the molecule is O=C(COc1ccc(Br)cc1F)NC1CCOc2ccccc21. The molecule has 1 heterocycles. The van der Waals surface area contributed by atoms with Gasteiger partial charge in [0.25, 0.3) is 5.91 Å². The number of halogens is 2. The van der Waals surface area contributed by atoms with Gasteiger partial charge in [0.1, 0.15) is 5.75 Å². The van der Waals surface area contributed by atoms with Gasteiger partial charge in [-0.15, -0.1) is 0 Å². The minimum Gasteiger partial charge on any atom is -0.493 e. The molecule has 1 aliphatic heterocycles. The third kappa shape index (κ3) is 3.82. The molecule has 0 saturated heterocycles. The van der Waals surface area contributed by atoms with Crippen LogP contribution in [0.15, 0.2) is 46.9 Å². The van der Waals surface area contributed by atoms with Crippen LogP contribution in [0.3, 0.4) is 0 Å². The lowest BCUT2D eigenvalue weighted by molar-refractivity contribution is -0.124. The second kappa shape index (κ2) is 7.00. The maximum Gasteiger partial charge on any atom is 0.258 e. The van der Waals surface area contributed by atoms with E-state index in [1.807, 2.05) is 24.3 Å². The van der Waals surface area contributed by atoms with E-state index in [1.165, 1.54) is 12.1 Å². The van der Waals surface area contributed by atoms with Gasteiger partial charge in [-0.05, 0) is 24.3 Å². The van der Waals surface area contributed by atoms with Crippen LogP contribution in [0.25, 0.3) is 0 Å². The van der Waals surface area contributed by atoms with Crippen LogP contribution in [0, 0.1) is 5.82 Å². The van der Waals surface area contributed by atoms with E-state index in [1.54, 1.807) is 6.07 Å². The Morgan fingerprint density at radius 2 is 2.17 bits per heavy atom. The van der Waals surface area contributed by atoms with Gasteiger partial charge < -0.3 is 14.8 Å². The molecule has 120 valence electrons. The number of amides is 1. The summed E-state index contributed by atoms with van der Waals surface area (Å²) in [6.07, 6.45) is 0.690. The summed E-state index contributed by atoms with van der Waals surface area (Å²) in [4.78, 5) is 12.1. The molecule has 1 amide bonds.